The minimum atomic E-state index is -1.11. The summed E-state index contributed by atoms with van der Waals surface area (Å²) in [6.45, 7) is 0.629. The van der Waals surface area contributed by atoms with E-state index in [1.54, 1.807) is 4.57 Å². The molecule has 21 heavy (non-hydrogen) atoms. The van der Waals surface area contributed by atoms with Gasteiger partial charge in [0, 0.05) is 24.8 Å². The van der Waals surface area contributed by atoms with Crippen LogP contribution in [0.3, 0.4) is 0 Å². The molecular weight excluding hydrogens is 301 g/mol. The third-order valence-electron chi connectivity index (χ3n) is 2.69. The minimum Gasteiger partial charge on any atom is -0.476 e. The molecule has 0 spiro atoms. The highest BCUT2D eigenvalue weighted by atomic mass is 35.5. The fourth-order valence-electron chi connectivity index (χ4n) is 1.63. The molecule has 1 heterocycles. The molecule has 0 aliphatic carbocycles. The highest BCUT2D eigenvalue weighted by Crippen LogP contribution is 2.15. The van der Waals surface area contributed by atoms with E-state index in [9.17, 15) is 14.0 Å². The van der Waals surface area contributed by atoms with Crippen molar-refractivity contribution in [3.8, 4) is 0 Å². The third-order valence-corrected chi connectivity index (χ3v) is 2.98. The van der Waals surface area contributed by atoms with E-state index in [0.717, 1.165) is 6.07 Å². The van der Waals surface area contributed by atoms with Gasteiger partial charge < -0.3 is 15.0 Å². The van der Waals surface area contributed by atoms with Crippen molar-refractivity contribution < 1.29 is 19.1 Å². The maximum absolute atomic E-state index is 13.0. The number of imidazole rings is 1. The summed E-state index contributed by atoms with van der Waals surface area (Å²) in [5, 5.41) is 11.2. The Morgan fingerprint density at radius 3 is 2.81 bits per heavy atom. The van der Waals surface area contributed by atoms with E-state index in [4.69, 9.17) is 16.7 Å². The van der Waals surface area contributed by atoms with Crippen molar-refractivity contribution in [3.05, 3.63) is 52.8 Å². The van der Waals surface area contributed by atoms with Crippen LogP contribution >= 0.6 is 11.6 Å². The lowest BCUT2D eigenvalue weighted by Gasteiger charge is -2.06. The predicted molar refractivity (Wildman–Crippen MR) is 72.9 cm³/mol. The number of nitrogens with zero attached hydrogens (tertiary/aromatic N) is 2. The summed E-state index contributed by atoms with van der Waals surface area (Å²) in [6.07, 6.45) is 2.73. The van der Waals surface area contributed by atoms with Crippen LogP contribution in [0.15, 0.2) is 30.7 Å². The molecule has 2 N–H and O–H groups in total. The molecule has 2 rings (SSSR count). The van der Waals surface area contributed by atoms with Crippen molar-refractivity contribution in [2.75, 3.05) is 6.54 Å². The molecule has 1 amide bonds. The monoisotopic (exact) mass is 311 g/mol. The smallest absolute Gasteiger partial charge is 0.356 e. The standard InChI is InChI=1S/C13H11ClFN3O3/c14-9-5-8(1-2-10(9)15)12(19)16-3-4-18-6-11(13(20)21)17-7-18/h1-2,5-7H,3-4H2,(H,16,19)(H,20,21). The Morgan fingerprint density at radius 2 is 2.19 bits per heavy atom. The van der Waals surface area contributed by atoms with Gasteiger partial charge >= 0.3 is 5.97 Å². The van der Waals surface area contributed by atoms with Gasteiger partial charge in [0.05, 0.1) is 11.3 Å². The van der Waals surface area contributed by atoms with Gasteiger partial charge in [-0.1, -0.05) is 11.6 Å². The van der Waals surface area contributed by atoms with Crippen LogP contribution in [0.1, 0.15) is 20.8 Å². The maximum Gasteiger partial charge on any atom is 0.356 e. The van der Waals surface area contributed by atoms with Gasteiger partial charge in [-0.2, -0.15) is 0 Å². The topological polar surface area (TPSA) is 84.2 Å². The van der Waals surface area contributed by atoms with E-state index in [-0.39, 0.29) is 22.8 Å². The lowest BCUT2D eigenvalue weighted by Crippen LogP contribution is -2.27. The first kappa shape index (κ1) is 15.0. The number of hydrogen-bond acceptors (Lipinski definition) is 3. The molecule has 0 unspecified atom stereocenters. The van der Waals surface area contributed by atoms with E-state index >= 15 is 0 Å². The Labute approximate surface area is 124 Å². The second kappa shape index (κ2) is 6.36. The molecule has 6 nitrogen and oxygen atoms in total. The molecule has 2 aromatic rings. The largest absolute Gasteiger partial charge is 0.476 e. The second-order valence-electron chi connectivity index (χ2n) is 4.19. The summed E-state index contributed by atoms with van der Waals surface area (Å²) in [5.41, 5.74) is 0.185. The number of hydrogen-bond donors (Lipinski definition) is 2. The van der Waals surface area contributed by atoms with Crippen LogP contribution < -0.4 is 5.32 Å². The van der Waals surface area contributed by atoms with E-state index in [2.05, 4.69) is 10.3 Å². The first-order chi connectivity index (χ1) is 9.97. The number of nitrogens with one attached hydrogen (secondary N) is 1. The molecule has 8 heteroatoms. The lowest BCUT2D eigenvalue weighted by molar-refractivity contribution is 0.0690. The van der Waals surface area contributed by atoms with Crippen LogP contribution in [0.5, 0.6) is 0 Å². The average Bonchev–Trinajstić information content (AvgIpc) is 2.91. The minimum absolute atomic E-state index is 0.0633. The van der Waals surface area contributed by atoms with Crippen molar-refractivity contribution >= 4 is 23.5 Å². The average molecular weight is 312 g/mol. The zero-order valence-corrected chi connectivity index (χ0v) is 11.5. The highest BCUT2D eigenvalue weighted by Gasteiger charge is 2.09. The normalized spacial score (nSPS) is 10.4. The molecular formula is C13H11ClFN3O3. The Bertz CT molecular complexity index is 687. The Morgan fingerprint density at radius 1 is 1.43 bits per heavy atom. The van der Waals surface area contributed by atoms with E-state index < -0.39 is 17.7 Å². The summed E-state index contributed by atoms with van der Waals surface area (Å²) < 4.78 is 14.5. The zero-order valence-electron chi connectivity index (χ0n) is 10.7. The number of benzene rings is 1. The van der Waals surface area contributed by atoms with Crippen LogP contribution in [-0.2, 0) is 6.54 Å². The molecule has 0 atom stereocenters. The van der Waals surface area contributed by atoms with Crippen LogP contribution in [0.2, 0.25) is 5.02 Å². The highest BCUT2D eigenvalue weighted by molar-refractivity contribution is 6.31. The molecule has 0 radical (unpaired) electrons. The Hall–Kier alpha value is -2.41. The van der Waals surface area contributed by atoms with E-state index in [1.807, 2.05) is 0 Å². The number of aromatic nitrogens is 2. The molecule has 0 saturated heterocycles. The van der Waals surface area contributed by atoms with E-state index in [1.165, 1.54) is 24.7 Å². The molecule has 0 aliphatic rings. The molecule has 0 saturated carbocycles. The zero-order chi connectivity index (χ0) is 15.4. The van der Waals surface area contributed by atoms with Gasteiger partial charge in [-0.05, 0) is 18.2 Å². The van der Waals surface area contributed by atoms with Gasteiger partial charge in [0.25, 0.3) is 5.91 Å². The van der Waals surface area contributed by atoms with Gasteiger partial charge in [-0.15, -0.1) is 0 Å². The fraction of sp³-hybridized carbons (Fsp3) is 0.154. The first-order valence-electron chi connectivity index (χ1n) is 5.95. The molecule has 110 valence electrons. The van der Waals surface area contributed by atoms with Gasteiger partial charge in [0.1, 0.15) is 5.82 Å². The molecule has 1 aromatic carbocycles. The summed E-state index contributed by atoms with van der Waals surface area (Å²) in [4.78, 5) is 26.1. The van der Waals surface area contributed by atoms with Crippen LogP contribution in [0.4, 0.5) is 4.39 Å². The third kappa shape index (κ3) is 3.79. The SMILES string of the molecule is O=C(NCCn1cnc(C(=O)O)c1)c1ccc(F)c(Cl)c1. The number of carbonyl (C=O) groups is 2. The number of rotatable bonds is 5. The first-order valence-corrected chi connectivity index (χ1v) is 6.33. The molecule has 0 aliphatic heterocycles. The number of carboxylic acid groups (broad SMARTS) is 1. The Balaban J connectivity index is 1.88. The van der Waals surface area contributed by atoms with Crippen molar-refractivity contribution in [1.29, 1.82) is 0 Å². The van der Waals surface area contributed by atoms with Crippen molar-refractivity contribution in [2.24, 2.45) is 0 Å². The second-order valence-corrected chi connectivity index (χ2v) is 4.59. The van der Waals surface area contributed by atoms with Gasteiger partial charge in [-0.3, -0.25) is 4.79 Å². The molecule has 0 bridgehead atoms. The summed E-state index contributed by atoms with van der Waals surface area (Å²) >= 11 is 5.60. The predicted octanol–water partition coefficient (Wildman–Crippen LogP) is 1.80. The van der Waals surface area contributed by atoms with Gasteiger partial charge in [0.15, 0.2) is 5.69 Å². The fourth-order valence-corrected chi connectivity index (χ4v) is 1.81. The Kier molecular flexibility index (Phi) is 4.54. The maximum atomic E-state index is 13.0. The quantitative estimate of drug-likeness (QED) is 0.882. The number of carbonyl (C=O) groups excluding carboxylic acids is 1. The summed E-state index contributed by atoms with van der Waals surface area (Å²) in [5.74, 6) is -2.10. The summed E-state index contributed by atoms with van der Waals surface area (Å²) in [7, 11) is 0. The molecule has 1 aromatic heterocycles. The number of carboxylic acids is 1. The van der Waals surface area contributed by atoms with Crippen LogP contribution in [0, 0.1) is 5.82 Å². The van der Waals surface area contributed by atoms with Crippen molar-refractivity contribution in [3.63, 3.8) is 0 Å². The van der Waals surface area contributed by atoms with Crippen molar-refractivity contribution in [1.82, 2.24) is 14.9 Å². The van der Waals surface area contributed by atoms with Crippen LogP contribution in [0.25, 0.3) is 0 Å². The number of halogens is 2. The molecule has 0 fully saturated rings. The van der Waals surface area contributed by atoms with Gasteiger partial charge in [-0.25, -0.2) is 14.2 Å². The van der Waals surface area contributed by atoms with E-state index in [0.29, 0.717) is 6.54 Å². The number of aromatic carboxylic acids is 1. The lowest BCUT2D eigenvalue weighted by atomic mass is 10.2. The number of amides is 1. The summed E-state index contributed by atoms with van der Waals surface area (Å²) in [6, 6.07) is 3.69. The van der Waals surface area contributed by atoms with Gasteiger partial charge in [0.2, 0.25) is 0 Å². The van der Waals surface area contributed by atoms with Crippen LogP contribution in [-0.4, -0.2) is 33.1 Å². The van der Waals surface area contributed by atoms with Crippen molar-refractivity contribution in [2.45, 2.75) is 6.54 Å².